The van der Waals surface area contributed by atoms with E-state index in [1.54, 1.807) is 30.3 Å². The Kier molecular flexibility index (Phi) is 3.77. The van der Waals surface area contributed by atoms with Crippen LogP contribution in [0.3, 0.4) is 0 Å². The second-order valence-electron chi connectivity index (χ2n) is 3.74. The molecule has 6 heteroatoms. The van der Waals surface area contributed by atoms with Crippen LogP contribution in [0.25, 0.3) is 0 Å². The Morgan fingerprint density at radius 3 is 2.47 bits per heavy atom. The van der Waals surface area contributed by atoms with Gasteiger partial charge in [0.25, 0.3) is 5.91 Å². The molecule has 3 N–H and O–H groups in total. The number of amides is 2. The van der Waals surface area contributed by atoms with Gasteiger partial charge in [-0.25, -0.2) is 4.98 Å². The summed E-state index contributed by atoms with van der Waals surface area (Å²) in [6.07, 6.45) is 0. The number of hydrogen-bond acceptors (Lipinski definition) is 3. The minimum absolute atomic E-state index is 0.270. The monoisotopic (exact) mass is 275 g/mol. The number of nitrogens with zero attached hydrogens (tertiary/aromatic N) is 1. The standard InChI is InChI=1S/C13H10ClN3O2/c14-10-5-2-6-11(16-10)17-13(19)9-4-1-3-8(7-9)12(15)18/h1-7H,(H2,15,18)(H,16,17,19). The fraction of sp³-hybridized carbons (Fsp3) is 0. The Morgan fingerprint density at radius 2 is 1.79 bits per heavy atom. The highest BCUT2D eigenvalue weighted by atomic mass is 35.5. The van der Waals surface area contributed by atoms with Gasteiger partial charge in [0.15, 0.2) is 0 Å². The van der Waals surface area contributed by atoms with Gasteiger partial charge >= 0.3 is 0 Å². The fourth-order valence-corrected chi connectivity index (χ4v) is 1.64. The molecule has 0 aliphatic heterocycles. The lowest BCUT2D eigenvalue weighted by molar-refractivity contribution is 0.1000. The molecule has 0 bridgehead atoms. The van der Waals surface area contributed by atoms with Crippen LogP contribution in [-0.4, -0.2) is 16.8 Å². The highest BCUT2D eigenvalue weighted by Gasteiger charge is 2.09. The first-order chi connectivity index (χ1) is 9.06. The Balaban J connectivity index is 2.20. The van der Waals surface area contributed by atoms with Crippen LogP contribution in [0.5, 0.6) is 0 Å². The predicted molar refractivity (Wildman–Crippen MR) is 72.2 cm³/mol. The normalized spacial score (nSPS) is 9.95. The van der Waals surface area contributed by atoms with Gasteiger partial charge in [0.1, 0.15) is 11.0 Å². The maximum absolute atomic E-state index is 12.0. The van der Waals surface area contributed by atoms with Crippen molar-refractivity contribution < 1.29 is 9.59 Å². The van der Waals surface area contributed by atoms with Crippen molar-refractivity contribution in [2.75, 3.05) is 5.32 Å². The van der Waals surface area contributed by atoms with Crippen LogP contribution < -0.4 is 11.1 Å². The number of pyridine rings is 1. The maximum Gasteiger partial charge on any atom is 0.256 e. The smallest absolute Gasteiger partial charge is 0.256 e. The third kappa shape index (κ3) is 3.29. The van der Waals surface area contributed by atoms with Crippen LogP contribution in [0.1, 0.15) is 20.7 Å². The zero-order valence-electron chi connectivity index (χ0n) is 9.76. The zero-order valence-corrected chi connectivity index (χ0v) is 10.5. The van der Waals surface area contributed by atoms with E-state index in [0.717, 1.165) is 0 Å². The number of primary amides is 1. The summed E-state index contributed by atoms with van der Waals surface area (Å²) in [6.45, 7) is 0. The van der Waals surface area contributed by atoms with Gasteiger partial charge in [0.05, 0.1) is 0 Å². The molecule has 0 radical (unpaired) electrons. The average molecular weight is 276 g/mol. The molecule has 0 unspecified atom stereocenters. The molecule has 0 aliphatic carbocycles. The van der Waals surface area contributed by atoms with E-state index in [1.807, 2.05) is 0 Å². The second kappa shape index (κ2) is 5.49. The molecular weight excluding hydrogens is 266 g/mol. The molecule has 2 aromatic rings. The van der Waals surface area contributed by atoms with Gasteiger partial charge in [-0.15, -0.1) is 0 Å². The molecule has 0 atom stereocenters. The second-order valence-corrected chi connectivity index (χ2v) is 4.13. The molecule has 2 amide bonds. The Labute approximate surface area is 114 Å². The summed E-state index contributed by atoms with van der Waals surface area (Å²) in [7, 11) is 0. The van der Waals surface area contributed by atoms with Crippen molar-refractivity contribution in [2.45, 2.75) is 0 Å². The lowest BCUT2D eigenvalue weighted by Gasteiger charge is -2.05. The molecule has 0 saturated heterocycles. The van der Waals surface area contributed by atoms with Gasteiger partial charge in [0, 0.05) is 11.1 Å². The van der Waals surface area contributed by atoms with Crippen molar-refractivity contribution in [3.05, 3.63) is 58.7 Å². The number of halogens is 1. The van der Waals surface area contributed by atoms with E-state index in [9.17, 15) is 9.59 Å². The first-order valence-electron chi connectivity index (χ1n) is 5.40. The van der Waals surface area contributed by atoms with Crippen molar-refractivity contribution in [3.63, 3.8) is 0 Å². The molecule has 1 aromatic carbocycles. The highest BCUT2D eigenvalue weighted by Crippen LogP contribution is 2.11. The van der Waals surface area contributed by atoms with Gasteiger partial charge < -0.3 is 11.1 Å². The Bertz CT molecular complexity index is 643. The molecular formula is C13H10ClN3O2. The number of carbonyl (C=O) groups is 2. The summed E-state index contributed by atoms with van der Waals surface area (Å²) in [5, 5.41) is 2.86. The number of carbonyl (C=O) groups excluding carboxylic acids is 2. The number of rotatable bonds is 3. The number of benzene rings is 1. The van der Waals surface area contributed by atoms with E-state index in [-0.39, 0.29) is 10.7 Å². The van der Waals surface area contributed by atoms with Crippen molar-refractivity contribution in [1.82, 2.24) is 4.98 Å². The fourth-order valence-electron chi connectivity index (χ4n) is 1.48. The highest BCUT2D eigenvalue weighted by molar-refractivity contribution is 6.29. The SMILES string of the molecule is NC(=O)c1cccc(C(=O)Nc2cccc(Cl)n2)c1. The zero-order chi connectivity index (χ0) is 13.8. The van der Waals surface area contributed by atoms with Gasteiger partial charge in [-0.05, 0) is 30.3 Å². The van der Waals surface area contributed by atoms with Crippen LogP contribution in [-0.2, 0) is 0 Å². The summed E-state index contributed by atoms with van der Waals surface area (Å²) in [5.74, 6) is -0.643. The number of nitrogens with one attached hydrogen (secondary N) is 1. The maximum atomic E-state index is 12.0. The lowest BCUT2D eigenvalue weighted by Crippen LogP contribution is -2.15. The van der Waals surface area contributed by atoms with Gasteiger partial charge in [0.2, 0.25) is 5.91 Å². The summed E-state index contributed by atoms with van der Waals surface area (Å²) in [6, 6.07) is 11.0. The van der Waals surface area contributed by atoms with Crippen LogP contribution in [0.4, 0.5) is 5.82 Å². The molecule has 0 fully saturated rings. The van der Waals surface area contributed by atoms with Crippen molar-refractivity contribution in [2.24, 2.45) is 5.73 Å². The van der Waals surface area contributed by atoms with Gasteiger partial charge in [-0.3, -0.25) is 9.59 Å². The van der Waals surface area contributed by atoms with E-state index >= 15 is 0 Å². The van der Waals surface area contributed by atoms with E-state index < -0.39 is 11.8 Å². The molecule has 0 aliphatic rings. The van der Waals surface area contributed by atoms with Crippen LogP contribution in [0.15, 0.2) is 42.5 Å². The van der Waals surface area contributed by atoms with Crippen LogP contribution >= 0.6 is 11.6 Å². The third-order valence-corrected chi connectivity index (χ3v) is 2.58. The van der Waals surface area contributed by atoms with E-state index in [1.165, 1.54) is 12.1 Å². The lowest BCUT2D eigenvalue weighted by atomic mass is 10.1. The molecule has 5 nitrogen and oxygen atoms in total. The minimum Gasteiger partial charge on any atom is -0.366 e. The molecule has 1 heterocycles. The van der Waals surface area contributed by atoms with Crippen molar-refractivity contribution in [3.8, 4) is 0 Å². The molecule has 1 aromatic heterocycles. The Hall–Kier alpha value is -2.40. The molecule has 96 valence electrons. The number of nitrogens with two attached hydrogens (primary N) is 1. The molecule has 2 rings (SSSR count). The van der Waals surface area contributed by atoms with Crippen LogP contribution in [0.2, 0.25) is 5.15 Å². The van der Waals surface area contributed by atoms with Crippen LogP contribution in [0, 0.1) is 0 Å². The quantitative estimate of drug-likeness (QED) is 0.841. The largest absolute Gasteiger partial charge is 0.366 e. The first-order valence-corrected chi connectivity index (χ1v) is 5.78. The van der Waals surface area contributed by atoms with E-state index in [2.05, 4.69) is 10.3 Å². The van der Waals surface area contributed by atoms with Crippen molar-refractivity contribution in [1.29, 1.82) is 0 Å². The predicted octanol–water partition coefficient (Wildman–Crippen LogP) is 2.09. The summed E-state index contributed by atoms with van der Waals surface area (Å²) >= 11 is 5.72. The van der Waals surface area contributed by atoms with Crippen molar-refractivity contribution >= 4 is 29.2 Å². The molecule has 0 spiro atoms. The summed E-state index contributed by atoms with van der Waals surface area (Å²) < 4.78 is 0. The minimum atomic E-state index is -0.587. The van der Waals surface area contributed by atoms with Gasteiger partial charge in [-0.1, -0.05) is 23.7 Å². The molecule has 19 heavy (non-hydrogen) atoms. The van der Waals surface area contributed by atoms with Gasteiger partial charge in [-0.2, -0.15) is 0 Å². The molecule has 0 saturated carbocycles. The van der Waals surface area contributed by atoms with E-state index in [4.69, 9.17) is 17.3 Å². The van der Waals surface area contributed by atoms with E-state index in [0.29, 0.717) is 11.4 Å². The number of anilines is 1. The Morgan fingerprint density at radius 1 is 1.11 bits per heavy atom. The number of hydrogen-bond donors (Lipinski definition) is 2. The number of aromatic nitrogens is 1. The summed E-state index contributed by atoms with van der Waals surface area (Å²) in [4.78, 5) is 26.9. The topological polar surface area (TPSA) is 85.1 Å². The summed E-state index contributed by atoms with van der Waals surface area (Å²) in [5.41, 5.74) is 5.74. The average Bonchev–Trinajstić information content (AvgIpc) is 2.39. The first kappa shape index (κ1) is 13.0. The third-order valence-electron chi connectivity index (χ3n) is 2.37.